The van der Waals surface area contributed by atoms with Crippen molar-refractivity contribution in [3.63, 3.8) is 0 Å². The highest BCUT2D eigenvalue weighted by Crippen LogP contribution is 2.27. The molecule has 0 amide bonds. The second kappa shape index (κ2) is 7.23. The highest BCUT2D eigenvalue weighted by Gasteiger charge is 2.20. The molecule has 3 rings (SSSR count). The molecule has 0 aliphatic carbocycles. The minimum atomic E-state index is -0.252. The number of rotatable bonds is 4. The Morgan fingerprint density at radius 1 is 1.13 bits per heavy atom. The van der Waals surface area contributed by atoms with Crippen molar-refractivity contribution in [2.75, 3.05) is 31.6 Å². The molecule has 0 aromatic heterocycles. The second-order valence-corrected chi connectivity index (χ2v) is 6.70. The average Bonchev–Trinajstić information content (AvgIpc) is 2.56. The zero-order chi connectivity index (χ0) is 16.2. The number of piperazine rings is 1. The molecular formula is C18H21FN2OS. The van der Waals surface area contributed by atoms with Crippen molar-refractivity contribution in [1.29, 1.82) is 0 Å². The van der Waals surface area contributed by atoms with Crippen molar-refractivity contribution in [3.8, 4) is 5.75 Å². The monoisotopic (exact) mass is 332 g/mol. The van der Waals surface area contributed by atoms with Crippen LogP contribution in [0.5, 0.6) is 5.75 Å². The van der Waals surface area contributed by atoms with Crippen LogP contribution in [0, 0.1) is 5.82 Å². The van der Waals surface area contributed by atoms with E-state index in [1.807, 2.05) is 18.2 Å². The molecule has 0 saturated carbocycles. The van der Waals surface area contributed by atoms with Crippen molar-refractivity contribution in [1.82, 2.24) is 4.90 Å². The van der Waals surface area contributed by atoms with Gasteiger partial charge >= 0.3 is 0 Å². The molecule has 5 heteroatoms. The van der Waals surface area contributed by atoms with E-state index < -0.39 is 0 Å². The molecule has 0 spiro atoms. The molecule has 23 heavy (non-hydrogen) atoms. The Labute approximate surface area is 141 Å². The van der Waals surface area contributed by atoms with Crippen LogP contribution in [0.15, 0.2) is 53.4 Å². The first-order valence-electron chi connectivity index (χ1n) is 7.77. The molecule has 2 aromatic carbocycles. The molecule has 1 heterocycles. The molecule has 122 valence electrons. The Morgan fingerprint density at radius 3 is 2.61 bits per heavy atom. The van der Waals surface area contributed by atoms with Gasteiger partial charge in [0.05, 0.1) is 16.9 Å². The molecule has 1 aliphatic rings. The fourth-order valence-electron chi connectivity index (χ4n) is 2.61. The summed E-state index contributed by atoms with van der Waals surface area (Å²) >= 11 is 1.17. The fraction of sp³-hybridized carbons (Fsp3) is 0.333. The third kappa shape index (κ3) is 4.18. The third-order valence-corrected chi connectivity index (χ3v) is 4.91. The maximum Gasteiger partial charge on any atom is 0.138 e. The maximum atomic E-state index is 13.1. The lowest BCUT2D eigenvalue weighted by atomic mass is 10.2. The predicted molar refractivity (Wildman–Crippen MR) is 93.6 cm³/mol. The second-order valence-electron chi connectivity index (χ2n) is 5.89. The molecule has 2 aromatic rings. The summed E-state index contributed by atoms with van der Waals surface area (Å²) in [5.41, 5.74) is 1.22. The molecule has 0 bridgehead atoms. The van der Waals surface area contributed by atoms with Crippen LogP contribution in [0.3, 0.4) is 0 Å². The number of halogens is 1. The van der Waals surface area contributed by atoms with Gasteiger partial charge in [0, 0.05) is 31.4 Å². The molecule has 1 fully saturated rings. The molecule has 1 aliphatic heterocycles. The number of benzene rings is 2. The van der Waals surface area contributed by atoms with E-state index in [-0.39, 0.29) is 5.82 Å². The zero-order valence-corrected chi connectivity index (χ0v) is 14.2. The molecule has 0 N–H and O–H groups in total. The van der Waals surface area contributed by atoms with E-state index in [0.29, 0.717) is 6.04 Å². The van der Waals surface area contributed by atoms with Crippen molar-refractivity contribution in [2.45, 2.75) is 17.9 Å². The minimum Gasteiger partial charge on any atom is -0.421 e. The fourth-order valence-corrected chi connectivity index (χ4v) is 3.21. The van der Waals surface area contributed by atoms with Gasteiger partial charge in [-0.3, -0.25) is 0 Å². The van der Waals surface area contributed by atoms with Gasteiger partial charge in [0.2, 0.25) is 0 Å². The van der Waals surface area contributed by atoms with E-state index in [1.165, 1.54) is 29.9 Å². The van der Waals surface area contributed by atoms with Gasteiger partial charge in [-0.2, -0.15) is 0 Å². The Bertz CT molecular complexity index is 650. The van der Waals surface area contributed by atoms with E-state index in [2.05, 4.69) is 35.9 Å². The lowest BCUT2D eigenvalue weighted by Crippen LogP contribution is -2.50. The predicted octanol–water partition coefficient (Wildman–Crippen LogP) is 4.05. The SMILES string of the molecule is CC1CN(c2ccc(OSc3cccc(F)c3)cc2)CCN1C. The number of hydrogen-bond donors (Lipinski definition) is 0. The van der Waals surface area contributed by atoms with Crippen molar-refractivity contribution in [3.05, 3.63) is 54.3 Å². The van der Waals surface area contributed by atoms with Gasteiger partial charge in [-0.25, -0.2) is 4.39 Å². The molecule has 1 atom stereocenters. The maximum absolute atomic E-state index is 13.1. The summed E-state index contributed by atoms with van der Waals surface area (Å²) in [5, 5.41) is 0. The summed E-state index contributed by atoms with van der Waals surface area (Å²) in [6.07, 6.45) is 0. The van der Waals surface area contributed by atoms with Gasteiger partial charge in [0.25, 0.3) is 0 Å². The van der Waals surface area contributed by atoms with E-state index in [0.717, 1.165) is 30.3 Å². The van der Waals surface area contributed by atoms with Gasteiger partial charge in [0.15, 0.2) is 0 Å². The van der Waals surface area contributed by atoms with Crippen LogP contribution in [0.1, 0.15) is 6.92 Å². The van der Waals surface area contributed by atoms with Crippen LogP contribution in [0.25, 0.3) is 0 Å². The van der Waals surface area contributed by atoms with Crippen LogP contribution < -0.4 is 9.08 Å². The smallest absolute Gasteiger partial charge is 0.138 e. The Balaban J connectivity index is 1.59. The standard InChI is InChI=1S/C18H21FN2OS/c1-14-13-21(11-10-20(14)2)16-6-8-17(9-7-16)22-23-18-5-3-4-15(19)12-18/h3-9,12,14H,10-11,13H2,1-2H3. The lowest BCUT2D eigenvalue weighted by molar-refractivity contribution is 0.234. The van der Waals surface area contributed by atoms with Crippen molar-refractivity contribution in [2.24, 2.45) is 0 Å². The molecule has 3 nitrogen and oxygen atoms in total. The minimum absolute atomic E-state index is 0.252. The summed E-state index contributed by atoms with van der Waals surface area (Å²) in [6, 6.07) is 15.0. The van der Waals surface area contributed by atoms with Gasteiger partial charge < -0.3 is 14.0 Å². The zero-order valence-electron chi connectivity index (χ0n) is 13.4. The van der Waals surface area contributed by atoms with Gasteiger partial charge in [-0.15, -0.1) is 0 Å². The molecule has 1 saturated heterocycles. The summed E-state index contributed by atoms with van der Waals surface area (Å²) < 4.78 is 18.8. The Kier molecular flexibility index (Phi) is 5.08. The summed E-state index contributed by atoms with van der Waals surface area (Å²) in [5.74, 6) is 0.517. The van der Waals surface area contributed by atoms with Crippen LogP contribution in [0.4, 0.5) is 10.1 Å². The van der Waals surface area contributed by atoms with Gasteiger partial charge in [-0.05, 0) is 56.4 Å². The summed E-state index contributed by atoms with van der Waals surface area (Å²) in [4.78, 5) is 5.53. The first-order chi connectivity index (χ1) is 11.1. The number of hydrogen-bond acceptors (Lipinski definition) is 4. The van der Waals surface area contributed by atoms with E-state index in [4.69, 9.17) is 4.18 Å². The first kappa shape index (κ1) is 16.1. The van der Waals surface area contributed by atoms with Crippen LogP contribution in [-0.2, 0) is 0 Å². The van der Waals surface area contributed by atoms with Crippen molar-refractivity contribution < 1.29 is 8.57 Å². The number of anilines is 1. The quantitative estimate of drug-likeness (QED) is 0.785. The van der Waals surface area contributed by atoms with E-state index in [9.17, 15) is 4.39 Å². The van der Waals surface area contributed by atoms with Crippen LogP contribution in [-0.4, -0.2) is 37.6 Å². The molecular weight excluding hydrogens is 311 g/mol. The lowest BCUT2D eigenvalue weighted by Gasteiger charge is -2.39. The van der Waals surface area contributed by atoms with Crippen molar-refractivity contribution >= 4 is 17.7 Å². The molecule has 1 unspecified atom stereocenters. The van der Waals surface area contributed by atoms with E-state index >= 15 is 0 Å². The van der Waals surface area contributed by atoms with Gasteiger partial charge in [0.1, 0.15) is 11.6 Å². The van der Waals surface area contributed by atoms with Crippen LogP contribution >= 0.6 is 12.0 Å². The van der Waals surface area contributed by atoms with Crippen LogP contribution in [0.2, 0.25) is 0 Å². The largest absolute Gasteiger partial charge is 0.421 e. The topological polar surface area (TPSA) is 15.7 Å². The highest BCUT2D eigenvalue weighted by molar-refractivity contribution is 7.95. The molecule has 0 radical (unpaired) electrons. The van der Waals surface area contributed by atoms with E-state index in [1.54, 1.807) is 6.07 Å². The normalized spacial score (nSPS) is 18.9. The third-order valence-electron chi connectivity index (χ3n) is 4.19. The Hall–Kier alpha value is -1.72. The number of nitrogens with zero attached hydrogens (tertiary/aromatic N) is 2. The highest BCUT2D eigenvalue weighted by atomic mass is 32.2. The average molecular weight is 332 g/mol. The van der Waals surface area contributed by atoms with Gasteiger partial charge in [-0.1, -0.05) is 6.07 Å². The summed E-state index contributed by atoms with van der Waals surface area (Å²) in [7, 11) is 2.17. The first-order valence-corrected chi connectivity index (χ1v) is 8.51. The number of likely N-dealkylation sites (N-methyl/N-ethyl adjacent to an activating group) is 1. The summed E-state index contributed by atoms with van der Waals surface area (Å²) in [6.45, 7) is 5.40. The Morgan fingerprint density at radius 2 is 1.91 bits per heavy atom.